The maximum atomic E-state index is 9.24. The van der Waals surface area contributed by atoms with Crippen LogP contribution >= 0.6 is 27.7 Å². The molecular formula is C10H14BrNOS. The molecule has 0 spiro atoms. The van der Waals surface area contributed by atoms with Crippen LogP contribution in [0.5, 0.6) is 0 Å². The fraction of sp³-hybridized carbons (Fsp3) is 0.400. The van der Waals surface area contributed by atoms with Gasteiger partial charge in [0.15, 0.2) is 0 Å². The van der Waals surface area contributed by atoms with Crippen LogP contribution in [0.15, 0.2) is 33.6 Å². The van der Waals surface area contributed by atoms with E-state index in [0.717, 1.165) is 16.6 Å². The standard InChI is InChI=1S/C10H14BrNOS/c11-8-2-1-3-10(6-8)14-5-4-9(13)7-12/h1-3,6,9,13H,4-5,7,12H2. The van der Waals surface area contributed by atoms with Gasteiger partial charge in [0.2, 0.25) is 0 Å². The van der Waals surface area contributed by atoms with Crippen molar-refractivity contribution >= 4 is 27.7 Å². The smallest absolute Gasteiger partial charge is 0.0670 e. The molecule has 0 radical (unpaired) electrons. The lowest BCUT2D eigenvalue weighted by molar-refractivity contribution is 0.180. The van der Waals surface area contributed by atoms with Crippen LogP contribution in [0.3, 0.4) is 0 Å². The van der Waals surface area contributed by atoms with Crippen molar-refractivity contribution in [1.29, 1.82) is 0 Å². The molecule has 1 aromatic rings. The highest BCUT2D eigenvalue weighted by atomic mass is 79.9. The Kier molecular flexibility index (Phi) is 5.55. The third kappa shape index (κ3) is 4.46. The van der Waals surface area contributed by atoms with Gasteiger partial charge in [-0.3, -0.25) is 0 Å². The summed E-state index contributed by atoms with van der Waals surface area (Å²) in [5.74, 6) is 0.898. The average molecular weight is 276 g/mol. The van der Waals surface area contributed by atoms with Gasteiger partial charge in [-0.25, -0.2) is 0 Å². The topological polar surface area (TPSA) is 46.2 Å². The molecule has 0 aliphatic rings. The van der Waals surface area contributed by atoms with Gasteiger partial charge in [0.25, 0.3) is 0 Å². The Bertz CT molecular complexity index is 283. The number of nitrogens with two attached hydrogens (primary N) is 1. The summed E-state index contributed by atoms with van der Waals surface area (Å²) in [6, 6.07) is 8.13. The molecule has 4 heteroatoms. The highest BCUT2D eigenvalue weighted by molar-refractivity contribution is 9.10. The Morgan fingerprint density at radius 1 is 1.50 bits per heavy atom. The van der Waals surface area contributed by atoms with E-state index in [4.69, 9.17) is 5.73 Å². The summed E-state index contributed by atoms with van der Waals surface area (Å²) in [4.78, 5) is 1.21. The number of thioether (sulfide) groups is 1. The fourth-order valence-electron chi connectivity index (χ4n) is 0.987. The number of aliphatic hydroxyl groups is 1. The number of hydrogen-bond acceptors (Lipinski definition) is 3. The van der Waals surface area contributed by atoms with E-state index in [-0.39, 0.29) is 6.10 Å². The summed E-state index contributed by atoms with van der Waals surface area (Å²) < 4.78 is 1.09. The van der Waals surface area contributed by atoms with Crippen molar-refractivity contribution in [3.8, 4) is 0 Å². The molecule has 1 aromatic carbocycles. The molecule has 0 fully saturated rings. The van der Waals surface area contributed by atoms with E-state index >= 15 is 0 Å². The van der Waals surface area contributed by atoms with Crippen LogP contribution in [-0.4, -0.2) is 23.5 Å². The van der Waals surface area contributed by atoms with Gasteiger partial charge in [-0.05, 0) is 24.6 Å². The first-order chi connectivity index (χ1) is 6.72. The van der Waals surface area contributed by atoms with E-state index < -0.39 is 0 Å². The minimum Gasteiger partial charge on any atom is -0.392 e. The summed E-state index contributed by atoms with van der Waals surface area (Å²) in [5, 5.41) is 9.24. The zero-order valence-corrected chi connectivity index (χ0v) is 10.2. The molecule has 0 heterocycles. The van der Waals surface area contributed by atoms with Gasteiger partial charge < -0.3 is 10.8 Å². The Morgan fingerprint density at radius 3 is 2.93 bits per heavy atom. The van der Waals surface area contributed by atoms with E-state index in [1.807, 2.05) is 12.1 Å². The average Bonchev–Trinajstić information content (AvgIpc) is 2.17. The number of hydrogen-bond donors (Lipinski definition) is 2. The fourth-order valence-corrected chi connectivity index (χ4v) is 2.55. The lowest BCUT2D eigenvalue weighted by atomic mass is 10.3. The lowest BCUT2D eigenvalue weighted by Gasteiger charge is -2.06. The minimum absolute atomic E-state index is 0.346. The molecule has 0 amide bonds. The zero-order valence-electron chi connectivity index (χ0n) is 7.82. The molecule has 0 aromatic heterocycles. The number of aliphatic hydroxyl groups excluding tert-OH is 1. The highest BCUT2D eigenvalue weighted by Gasteiger charge is 2.01. The predicted molar refractivity (Wildman–Crippen MR) is 64.5 cm³/mol. The van der Waals surface area contributed by atoms with Crippen molar-refractivity contribution in [2.45, 2.75) is 17.4 Å². The van der Waals surface area contributed by atoms with Crippen molar-refractivity contribution in [2.75, 3.05) is 12.3 Å². The SMILES string of the molecule is NCC(O)CCSc1cccc(Br)c1. The quantitative estimate of drug-likeness (QED) is 0.811. The van der Waals surface area contributed by atoms with Gasteiger partial charge in [0, 0.05) is 21.7 Å². The third-order valence-electron chi connectivity index (χ3n) is 1.79. The summed E-state index contributed by atoms with van der Waals surface area (Å²) in [5.41, 5.74) is 5.31. The Labute approximate surface area is 97.0 Å². The monoisotopic (exact) mass is 275 g/mol. The minimum atomic E-state index is -0.366. The molecule has 0 aliphatic heterocycles. The molecule has 0 aliphatic carbocycles. The van der Waals surface area contributed by atoms with Gasteiger partial charge in [0.05, 0.1) is 6.10 Å². The van der Waals surface area contributed by atoms with E-state index in [1.165, 1.54) is 4.90 Å². The Balaban J connectivity index is 2.31. The number of rotatable bonds is 5. The van der Waals surface area contributed by atoms with Gasteiger partial charge in [-0.1, -0.05) is 22.0 Å². The predicted octanol–water partition coefficient (Wildman–Crippen LogP) is 2.25. The largest absolute Gasteiger partial charge is 0.392 e. The van der Waals surface area contributed by atoms with Crippen LogP contribution < -0.4 is 5.73 Å². The molecule has 0 saturated carbocycles. The maximum absolute atomic E-state index is 9.24. The first-order valence-corrected chi connectivity index (χ1v) is 6.26. The van der Waals surface area contributed by atoms with Gasteiger partial charge >= 0.3 is 0 Å². The van der Waals surface area contributed by atoms with Crippen molar-refractivity contribution < 1.29 is 5.11 Å². The molecular weight excluding hydrogens is 262 g/mol. The third-order valence-corrected chi connectivity index (χ3v) is 3.31. The van der Waals surface area contributed by atoms with Crippen molar-refractivity contribution in [2.24, 2.45) is 5.73 Å². The molecule has 78 valence electrons. The molecule has 14 heavy (non-hydrogen) atoms. The number of halogens is 1. The Hall–Kier alpha value is -0.0300. The normalized spacial score (nSPS) is 12.8. The van der Waals surface area contributed by atoms with Crippen LogP contribution in [0.2, 0.25) is 0 Å². The lowest BCUT2D eigenvalue weighted by Crippen LogP contribution is -2.19. The molecule has 1 unspecified atom stereocenters. The summed E-state index contributed by atoms with van der Waals surface area (Å²) in [6.45, 7) is 0.346. The van der Waals surface area contributed by atoms with E-state index in [2.05, 4.69) is 28.1 Å². The van der Waals surface area contributed by atoms with Crippen LogP contribution in [0.25, 0.3) is 0 Å². The van der Waals surface area contributed by atoms with Crippen molar-refractivity contribution in [3.63, 3.8) is 0 Å². The maximum Gasteiger partial charge on any atom is 0.0670 e. The summed E-state index contributed by atoms with van der Waals surface area (Å²) >= 11 is 5.15. The first-order valence-electron chi connectivity index (χ1n) is 4.49. The van der Waals surface area contributed by atoms with Gasteiger partial charge in [-0.2, -0.15) is 0 Å². The first kappa shape index (κ1) is 12.0. The second-order valence-corrected chi connectivity index (χ2v) is 5.07. The zero-order chi connectivity index (χ0) is 10.4. The second kappa shape index (κ2) is 6.45. The van der Waals surface area contributed by atoms with Crippen LogP contribution in [0.4, 0.5) is 0 Å². The molecule has 0 saturated heterocycles. The number of benzene rings is 1. The second-order valence-electron chi connectivity index (χ2n) is 2.98. The molecule has 2 nitrogen and oxygen atoms in total. The molecule has 0 bridgehead atoms. The van der Waals surface area contributed by atoms with Crippen LogP contribution in [-0.2, 0) is 0 Å². The molecule has 1 rings (SSSR count). The van der Waals surface area contributed by atoms with Crippen molar-refractivity contribution in [1.82, 2.24) is 0 Å². The summed E-state index contributed by atoms with van der Waals surface area (Å²) in [6.07, 6.45) is 0.378. The van der Waals surface area contributed by atoms with E-state index in [9.17, 15) is 5.11 Å². The van der Waals surface area contributed by atoms with Crippen LogP contribution in [0, 0.1) is 0 Å². The highest BCUT2D eigenvalue weighted by Crippen LogP contribution is 2.22. The van der Waals surface area contributed by atoms with E-state index in [1.54, 1.807) is 11.8 Å². The summed E-state index contributed by atoms with van der Waals surface area (Å²) in [7, 11) is 0. The van der Waals surface area contributed by atoms with Gasteiger partial charge in [-0.15, -0.1) is 11.8 Å². The van der Waals surface area contributed by atoms with Crippen LogP contribution in [0.1, 0.15) is 6.42 Å². The Morgan fingerprint density at radius 2 is 2.29 bits per heavy atom. The van der Waals surface area contributed by atoms with Gasteiger partial charge in [0.1, 0.15) is 0 Å². The van der Waals surface area contributed by atoms with Crippen molar-refractivity contribution in [3.05, 3.63) is 28.7 Å². The molecule has 1 atom stereocenters. The van der Waals surface area contributed by atoms with E-state index in [0.29, 0.717) is 6.54 Å². The molecule has 3 N–H and O–H groups in total.